The lowest BCUT2D eigenvalue weighted by atomic mass is 10.1. The standard InChI is InChI=1S/C16H32N4O4/c1-13-11-18(7-8-20(13)15(22)24-16(2,3)4)14-12-19(6-5-17-14)23-10-9-21/h13-14,17,21H,5-12H2,1-4H3. The van der Waals surface area contributed by atoms with Crippen LogP contribution in [-0.4, -0.2) is 96.4 Å². The Balaban J connectivity index is 1.85. The number of nitrogens with one attached hydrogen (secondary N) is 1. The van der Waals surface area contributed by atoms with Crippen LogP contribution in [0.5, 0.6) is 0 Å². The number of piperazine rings is 2. The van der Waals surface area contributed by atoms with Crippen LogP contribution in [0.15, 0.2) is 0 Å². The van der Waals surface area contributed by atoms with Crippen LogP contribution in [-0.2, 0) is 9.57 Å². The molecule has 0 aromatic heterocycles. The van der Waals surface area contributed by atoms with E-state index in [1.54, 1.807) is 0 Å². The Morgan fingerprint density at radius 1 is 1.25 bits per heavy atom. The Hall–Kier alpha value is -0.930. The zero-order valence-corrected chi connectivity index (χ0v) is 15.3. The summed E-state index contributed by atoms with van der Waals surface area (Å²) in [6.45, 7) is 12.7. The maximum atomic E-state index is 12.3. The maximum Gasteiger partial charge on any atom is 0.410 e. The number of hydrogen-bond acceptors (Lipinski definition) is 7. The minimum atomic E-state index is -0.469. The molecule has 2 aliphatic heterocycles. The van der Waals surface area contributed by atoms with Crippen LogP contribution in [0.4, 0.5) is 4.79 Å². The summed E-state index contributed by atoms with van der Waals surface area (Å²) < 4.78 is 5.49. The van der Waals surface area contributed by atoms with Gasteiger partial charge in [0.2, 0.25) is 0 Å². The zero-order chi connectivity index (χ0) is 17.7. The first-order valence-electron chi connectivity index (χ1n) is 8.76. The molecule has 140 valence electrons. The highest BCUT2D eigenvalue weighted by molar-refractivity contribution is 5.68. The second-order valence-electron chi connectivity index (χ2n) is 7.43. The minimum absolute atomic E-state index is 0.0280. The van der Waals surface area contributed by atoms with Gasteiger partial charge in [0.05, 0.1) is 25.9 Å². The highest BCUT2D eigenvalue weighted by atomic mass is 16.7. The summed E-state index contributed by atoms with van der Waals surface area (Å²) in [5.74, 6) is 0. The molecule has 0 aliphatic carbocycles. The highest BCUT2D eigenvalue weighted by Gasteiger charge is 2.34. The van der Waals surface area contributed by atoms with E-state index in [0.29, 0.717) is 13.2 Å². The minimum Gasteiger partial charge on any atom is -0.444 e. The molecule has 2 N–H and O–H groups in total. The first kappa shape index (κ1) is 19.4. The van der Waals surface area contributed by atoms with Gasteiger partial charge in [0.1, 0.15) is 5.60 Å². The molecule has 2 saturated heterocycles. The van der Waals surface area contributed by atoms with E-state index in [2.05, 4.69) is 17.1 Å². The fraction of sp³-hybridized carbons (Fsp3) is 0.938. The Bertz CT molecular complexity index is 415. The molecule has 2 heterocycles. The smallest absolute Gasteiger partial charge is 0.410 e. The summed E-state index contributed by atoms with van der Waals surface area (Å²) in [5.41, 5.74) is -0.469. The van der Waals surface area contributed by atoms with Gasteiger partial charge in [0.15, 0.2) is 0 Å². The third-order valence-electron chi connectivity index (χ3n) is 4.21. The monoisotopic (exact) mass is 344 g/mol. The van der Waals surface area contributed by atoms with E-state index in [0.717, 1.165) is 32.7 Å². The number of ether oxygens (including phenoxy) is 1. The Kier molecular flexibility index (Phi) is 6.82. The molecule has 0 aromatic rings. The second kappa shape index (κ2) is 8.44. The molecule has 2 fully saturated rings. The van der Waals surface area contributed by atoms with Gasteiger partial charge in [0, 0.05) is 38.8 Å². The Morgan fingerprint density at radius 2 is 2.00 bits per heavy atom. The first-order chi connectivity index (χ1) is 11.3. The lowest BCUT2D eigenvalue weighted by molar-refractivity contribution is -0.188. The summed E-state index contributed by atoms with van der Waals surface area (Å²) in [6, 6.07) is 0.101. The van der Waals surface area contributed by atoms with E-state index < -0.39 is 5.60 Å². The van der Waals surface area contributed by atoms with Crippen molar-refractivity contribution in [1.29, 1.82) is 0 Å². The zero-order valence-electron chi connectivity index (χ0n) is 15.3. The van der Waals surface area contributed by atoms with E-state index in [9.17, 15) is 4.79 Å². The molecule has 24 heavy (non-hydrogen) atoms. The summed E-state index contributed by atoms with van der Waals surface area (Å²) >= 11 is 0. The van der Waals surface area contributed by atoms with Gasteiger partial charge >= 0.3 is 6.09 Å². The quantitative estimate of drug-likeness (QED) is 0.748. The largest absolute Gasteiger partial charge is 0.444 e. The molecule has 0 aromatic carbocycles. The summed E-state index contributed by atoms with van der Waals surface area (Å²) in [7, 11) is 0. The number of aliphatic hydroxyl groups excluding tert-OH is 1. The number of carbonyl (C=O) groups is 1. The average molecular weight is 344 g/mol. The molecule has 2 rings (SSSR count). The molecule has 0 radical (unpaired) electrons. The maximum absolute atomic E-state index is 12.3. The number of rotatable bonds is 4. The molecule has 1 amide bonds. The van der Waals surface area contributed by atoms with Crippen molar-refractivity contribution in [1.82, 2.24) is 20.2 Å². The fourth-order valence-electron chi connectivity index (χ4n) is 3.10. The van der Waals surface area contributed by atoms with Crippen LogP contribution in [0.25, 0.3) is 0 Å². The van der Waals surface area contributed by atoms with Gasteiger partial charge in [0.25, 0.3) is 0 Å². The topological polar surface area (TPSA) is 77.5 Å². The van der Waals surface area contributed by atoms with Crippen molar-refractivity contribution in [3.05, 3.63) is 0 Å². The van der Waals surface area contributed by atoms with Crippen LogP contribution in [0.1, 0.15) is 27.7 Å². The van der Waals surface area contributed by atoms with Gasteiger partial charge in [-0.3, -0.25) is 15.1 Å². The number of amides is 1. The van der Waals surface area contributed by atoms with Gasteiger partial charge in [-0.05, 0) is 27.7 Å². The second-order valence-corrected chi connectivity index (χ2v) is 7.43. The van der Waals surface area contributed by atoms with Crippen LogP contribution < -0.4 is 5.32 Å². The van der Waals surface area contributed by atoms with Gasteiger partial charge in [-0.25, -0.2) is 4.79 Å². The normalized spacial score (nSPS) is 27.3. The predicted molar refractivity (Wildman–Crippen MR) is 90.4 cm³/mol. The number of carbonyl (C=O) groups excluding carboxylic acids is 1. The van der Waals surface area contributed by atoms with E-state index in [1.165, 1.54) is 0 Å². The lowest BCUT2D eigenvalue weighted by Crippen LogP contribution is -2.64. The molecular weight excluding hydrogens is 312 g/mol. The number of hydroxylamine groups is 2. The van der Waals surface area contributed by atoms with Crippen molar-refractivity contribution in [3.63, 3.8) is 0 Å². The van der Waals surface area contributed by atoms with Crippen LogP contribution in [0.2, 0.25) is 0 Å². The van der Waals surface area contributed by atoms with E-state index in [4.69, 9.17) is 14.7 Å². The van der Waals surface area contributed by atoms with Gasteiger partial charge in [-0.2, -0.15) is 5.06 Å². The van der Waals surface area contributed by atoms with Gasteiger partial charge < -0.3 is 14.7 Å². The van der Waals surface area contributed by atoms with Crippen molar-refractivity contribution in [2.75, 3.05) is 52.5 Å². The van der Waals surface area contributed by atoms with Crippen molar-refractivity contribution in [2.24, 2.45) is 0 Å². The lowest BCUT2D eigenvalue weighted by Gasteiger charge is -2.45. The molecular formula is C16H32N4O4. The van der Waals surface area contributed by atoms with Crippen molar-refractivity contribution < 1.29 is 19.5 Å². The van der Waals surface area contributed by atoms with Crippen LogP contribution in [0, 0.1) is 0 Å². The van der Waals surface area contributed by atoms with Gasteiger partial charge in [-0.1, -0.05) is 0 Å². The average Bonchev–Trinajstić information content (AvgIpc) is 2.51. The third kappa shape index (κ3) is 5.56. The summed E-state index contributed by atoms with van der Waals surface area (Å²) in [5, 5.41) is 14.3. The molecule has 2 aliphatic rings. The summed E-state index contributed by atoms with van der Waals surface area (Å²) in [6.07, 6.45) is -0.0418. The number of hydrogen-bond donors (Lipinski definition) is 2. The van der Waals surface area contributed by atoms with Gasteiger partial charge in [-0.15, -0.1) is 0 Å². The fourth-order valence-corrected chi connectivity index (χ4v) is 3.10. The predicted octanol–water partition coefficient (Wildman–Crippen LogP) is 0.0828. The SMILES string of the molecule is CC1CN(C2CN(OCCO)CCN2)CCN1C(=O)OC(C)(C)C. The Labute approximate surface area is 144 Å². The van der Waals surface area contributed by atoms with Crippen LogP contribution >= 0.6 is 0 Å². The highest BCUT2D eigenvalue weighted by Crippen LogP contribution is 2.17. The molecule has 2 unspecified atom stereocenters. The Morgan fingerprint density at radius 3 is 2.62 bits per heavy atom. The van der Waals surface area contributed by atoms with E-state index >= 15 is 0 Å². The van der Waals surface area contributed by atoms with Crippen molar-refractivity contribution in [3.8, 4) is 0 Å². The summed E-state index contributed by atoms with van der Waals surface area (Å²) in [4.78, 5) is 22.0. The van der Waals surface area contributed by atoms with Crippen molar-refractivity contribution >= 4 is 6.09 Å². The molecule has 0 bridgehead atoms. The molecule has 0 saturated carbocycles. The van der Waals surface area contributed by atoms with Crippen molar-refractivity contribution in [2.45, 2.75) is 45.5 Å². The van der Waals surface area contributed by atoms with Crippen LogP contribution in [0.3, 0.4) is 0 Å². The molecule has 2 atom stereocenters. The number of nitrogens with zero attached hydrogens (tertiary/aromatic N) is 3. The number of aliphatic hydroxyl groups is 1. The molecule has 8 nitrogen and oxygen atoms in total. The molecule has 8 heteroatoms. The van der Waals surface area contributed by atoms with E-state index in [-0.39, 0.29) is 24.9 Å². The third-order valence-corrected chi connectivity index (χ3v) is 4.21. The van der Waals surface area contributed by atoms with E-state index in [1.807, 2.05) is 30.7 Å². The first-order valence-corrected chi connectivity index (χ1v) is 8.76. The molecule has 0 spiro atoms.